The molecule has 22 heavy (non-hydrogen) atoms. The highest BCUT2D eigenvalue weighted by Gasteiger charge is 2.27. The Balaban J connectivity index is 1.99. The van der Waals surface area contributed by atoms with Gasteiger partial charge in [0.1, 0.15) is 5.76 Å². The molecular formula is C15H15N3O4. The molecule has 2 aromatic rings. The van der Waals surface area contributed by atoms with Crippen molar-refractivity contribution < 1.29 is 14.2 Å². The fourth-order valence-electron chi connectivity index (χ4n) is 2.72. The van der Waals surface area contributed by atoms with Gasteiger partial charge in [-0.3, -0.25) is 14.9 Å². The number of non-ortho nitro benzene ring substituents is 1. The summed E-state index contributed by atoms with van der Waals surface area (Å²) in [6.45, 7) is 4.00. The highest BCUT2D eigenvalue weighted by molar-refractivity contribution is 5.96. The van der Waals surface area contributed by atoms with Gasteiger partial charge >= 0.3 is 0 Å². The van der Waals surface area contributed by atoms with Crippen LogP contribution in [0, 0.1) is 24.0 Å². The maximum atomic E-state index is 12.3. The molecule has 3 rings (SSSR count). The predicted molar refractivity (Wildman–Crippen MR) is 78.6 cm³/mol. The van der Waals surface area contributed by atoms with E-state index in [1.165, 1.54) is 6.07 Å². The molecule has 1 amide bonds. The van der Waals surface area contributed by atoms with Crippen molar-refractivity contribution in [2.75, 3.05) is 4.90 Å². The van der Waals surface area contributed by atoms with Crippen molar-refractivity contribution >= 4 is 17.3 Å². The molecule has 0 aliphatic carbocycles. The maximum Gasteiger partial charge on any atom is 0.269 e. The lowest BCUT2D eigenvalue weighted by Crippen LogP contribution is -2.34. The molecule has 0 atom stereocenters. The lowest BCUT2D eigenvalue weighted by Gasteiger charge is -2.29. The molecule has 7 nitrogen and oxygen atoms in total. The first kappa shape index (κ1) is 14.2. The van der Waals surface area contributed by atoms with E-state index in [-0.39, 0.29) is 11.6 Å². The number of anilines is 1. The van der Waals surface area contributed by atoms with Gasteiger partial charge in [-0.25, -0.2) is 0 Å². The first-order chi connectivity index (χ1) is 10.5. The molecule has 1 aromatic heterocycles. The Hall–Kier alpha value is -2.70. The second-order valence-electron chi connectivity index (χ2n) is 5.35. The van der Waals surface area contributed by atoms with Crippen LogP contribution in [0.5, 0.6) is 0 Å². The van der Waals surface area contributed by atoms with E-state index in [0.29, 0.717) is 25.1 Å². The zero-order valence-electron chi connectivity index (χ0n) is 12.3. The van der Waals surface area contributed by atoms with Gasteiger partial charge in [-0.05, 0) is 31.9 Å². The van der Waals surface area contributed by atoms with Crippen LogP contribution in [0.25, 0.3) is 0 Å². The summed E-state index contributed by atoms with van der Waals surface area (Å²) in [5, 5.41) is 14.8. The van der Waals surface area contributed by atoms with E-state index in [9.17, 15) is 14.9 Å². The van der Waals surface area contributed by atoms with Crippen molar-refractivity contribution in [2.45, 2.75) is 33.2 Å². The highest BCUT2D eigenvalue weighted by atomic mass is 16.6. The van der Waals surface area contributed by atoms with E-state index >= 15 is 0 Å². The zero-order chi connectivity index (χ0) is 15.9. The summed E-state index contributed by atoms with van der Waals surface area (Å²) in [7, 11) is 0. The van der Waals surface area contributed by atoms with Crippen LogP contribution in [-0.2, 0) is 17.8 Å². The third kappa shape index (κ3) is 2.34. The number of aryl methyl sites for hydroxylation is 3. The number of carbonyl (C=O) groups is 1. The van der Waals surface area contributed by atoms with E-state index in [0.717, 1.165) is 22.5 Å². The van der Waals surface area contributed by atoms with E-state index in [2.05, 4.69) is 5.16 Å². The quantitative estimate of drug-likeness (QED) is 0.642. The van der Waals surface area contributed by atoms with E-state index in [1.54, 1.807) is 24.0 Å². The number of hydrogen-bond donors (Lipinski definition) is 0. The number of nitro groups is 1. The van der Waals surface area contributed by atoms with E-state index in [1.807, 2.05) is 6.92 Å². The molecule has 2 heterocycles. The maximum absolute atomic E-state index is 12.3. The summed E-state index contributed by atoms with van der Waals surface area (Å²) in [4.78, 5) is 24.4. The Morgan fingerprint density at radius 2 is 2.14 bits per heavy atom. The third-order valence-corrected chi connectivity index (χ3v) is 3.97. The summed E-state index contributed by atoms with van der Waals surface area (Å²) in [6, 6.07) is 4.61. The number of amides is 1. The van der Waals surface area contributed by atoms with Gasteiger partial charge < -0.3 is 9.42 Å². The molecule has 0 unspecified atom stereocenters. The van der Waals surface area contributed by atoms with Crippen LogP contribution >= 0.6 is 0 Å². The van der Waals surface area contributed by atoms with Crippen molar-refractivity contribution in [1.29, 1.82) is 0 Å². The number of hydrogen-bond acceptors (Lipinski definition) is 5. The van der Waals surface area contributed by atoms with Crippen molar-refractivity contribution in [3.05, 3.63) is 50.9 Å². The zero-order valence-corrected chi connectivity index (χ0v) is 12.3. The van der Waals surface area contributed by atoms with Crippen LogP contribution in [-0.4, -0.2) is 16.0 Å². The average Bonchev–Trinajstić information content (AvgIpc) is 2.81. The second kappa shape index (κ2) is 5.25. The highest BCUT2D eigenvalue weighted by Crippen LogP contribution is 2.32. The van der Waals surface area contributed by atoms with Gasteiger partial charge in [0, 0.05) is 29.8 Å². The lowest BCUT2D eigenvalue weighted by atomic mass is 9.99. The third-order valence-electron chi connectivity index (χ3n) is 3.97. The minimum absolute atomic E-state index is 0.00125. The molecule has 7 heteroatoms. The van der Waals surface area contributed by atoms with E-state index in [4.69, 9.17) is 4.52 Å². The smallest absolute Gasteiger partial charge is 0.269 e. The van der Waals surface area contributed by atoms with Crippen LogP contribution in [0.15, 0.2) is 22.7 Å². The molecular weight excluding hydrogens is 286 g/mol. The standard InChI is InChI=1S/C15H15N3O4/c1-9-13(10(2)22-16-9)8-17-14-5-4-12(18(20)21)7-11(14)3-6-15(17)19/h4-5,7H,3,6,8H2,1-2H3. The van der Waals surface area contributed by atoms with E-state index < -0.39 is 4.92 Å². The monoisotopic (exact) mass is 301 g/mol. The summed E-state index contributed by atoms with van der Waals surface area (Å²) >= 11 is 0. The molecule has 0 spiro atoms. The molecule has 0 radical (unpaired) electrons. The van der Waals surface area contributed by atoms with Crippen LogP contribution in [0.1, 0.15) is 29.0 Å². The number of benzene rings is 1. The van der Waals surface area contributed by atoms with Crippen LogP contribution < -0.4 is 4.90 Å². The van der Waals surface area contributed by atoms with Crippen LogP contribution in [0.2, 0.25) is 0 Å². The first-order valence-corrected chi connectivity index (χ1v) is 6.97. The SMILES string of the molecule is Cc1noc(C)c1CN1C(=O)CCc2cc([N+](=O)[O-])ccc21. The van der Waals surface area contributed by atoms with Gasteiger partial charge in [0.05, 0.1) is 17.2 Å². The number of carbonyl (C=O) groups excluding carboxylic acids is 1. The molecule has 0 saturated heterocycles. The first-order valence-electron chi connectivity index (χ1n) is 6.97. The van der Waals surface area contributed by atoms with Gasteiger partial charge in [-0.15, -0.1) is 0 Å². The van der Waals surface area contributed by atoms with Gasteiger partial charge in [0.25, 0.3) is 5.69 Å². The number of aromatic nitrogens is 1. The fourth-order valence-corrected chi connectivity index (χ4v) is 2.72. The predicted octanol–water partition coefficient (Wildman–Crippen LogP) is 2.68. The molecule has 1 aromatic carbocycles. The lowest BCUT2D eigenvalue weighted by molar-refractivity contribution is -0.384. The van der Waals surface area contributed by atoms with Gasteiger partial charge in [0.15, 0.2) is 0 Å². The summed E-state index contributed by atoms with van der Waals surface area (Å²) in [5.41, 5.74) is 3.21. The van der Waals surface area contributed by atoms with Crippen molar-refractivity contribution in [2.24, 2.45) is 0 Å². The van der Waals surface area contributed by atoms with Gasteiger partial charge in [-0.2, -0.15) is 0 Å². The fraction of sp³-hybridized carbons (Fsp3) is 0.333. The molecule has 1 aliphatic heterocycles. The normalized spacial score (nSPS) is 14.1. The number of rotatable bonds is 3. The Morgan fingerprint density at radius 1 is 1.36 bits per heavy atom. The Bertz CT molecular complexity index is 747. The minimum Gasteiger partial charge on any atom is -0.361 e. The molecule has 114 valence electrons. The van der Waals surface area contributed by atoms with Crippen molar-refractivity contribution in [1.82, 2.24) is 5.16 Å². The molecule has 0 N–H and O–H groups in total. The summed E-state index contributed by atoms with van der Waals surface area (Å²) in [5.74, 6) is 0.681. The Morgan fingerprint density at radius 3 is 2.77 bits per heavy atom. The largest absolute Gasteiger partial charge is 0.361 e. The molecule has 0 saturated carbocycles. The summed E-state index contributed by atoms with van der Waals surface area (Å²) in [6.07, 6.45) is 0.867. The van der Waals surface area contributed by atoms with Crippen LogP contribution in [0.3, 0.4) is 0 Å². The Labute approximate surface area is 126 Å². The molecule has 1 aliphatic rings. The Kier molecular flexibility index (Phi) is 3.40. The molecule has 0 fully saturated rings. The number of nitro benzene ring substituents is 1. The van der Waals surface area contributed by atoms with Crippen molar-refractivity contribution in [3.63, 3.8) is 0 Å². The number of nitrogens with zero attached hydrogens (tertiary/aromatic N) is 3. The average molecular weight is 301 g/mol. The molecule has 0 bridgehead atoms. The summed E-state index contributed by atoms with van der Waals surface area (Å²) < 4.78 is 5.13. The van der Waals surface area contributed by atoms with Crippen molar-refractivity contribution in [3.8, 4) is 0 Å². The topological polar surface area (TPSA) is 89.5 Å². The second-order valence-corrected chi connectivity index (χ2v) is 5.35. The minimum atomic E-state index is -0.421. The van der Waals surface area contributed by atoms with Gasteiger partial charge in [-0.1, -0.05) is 5.16 Å². The number of fused-ring (bicyclic) bond motifs is 1. The van der Waals surface area contributed by atoms with Gasteiger partial charge in [0.2, 0.25) is 5.91 Å². The van der Waals surface area contributed by atoms with Crippen LogP contribution in [0.4, 0.5) is 11.4 Å².